The first-order valence-electron chi connectivity index (χ1n) is 7.90. The summed E-state index contributed by atoms with van der Waals surface area (Å²) in [6, 6.07) is 4.08. The van der Waals surface area contributed by atoms with Crippen molar-refractivity contribution in [3.05, 3.63) is 45.1 Å². The molecule has 0 aliphatic carbocycles. The monoisotopic (exact) mass is 386 g/mol. The van der Waals surface area contributed by atoms with Gasteiger partial charge in [0.25, 0.3) is 5.91 Å². The van der Waals surface area contributed by atoms with Gasteiger partial charge in [-0.3, -0.25) is 9.59 Å². The fraction of sp³-hybridized carbons (Fsp3) is 0.412. The number of nitrogens with one attached hydrogen (secondary N) is 1. The number of carbonyl (C=O) groups excluding carboxylic acids is 2. The van der Waals surface area contributed by atoms with E-state index >= 15 is 0 Å². The molecular weight excluding hydrogens is 367 g/mol. The summed E-state index contributed by atoms with van der Waals surface area (Å²) in [5.74, 6) is -1.52. The Morgan fingerprint density at radius 1 is 1.32 bits per heavy atom. The van der Waals surface area contributed by atoms with Crippen LogP contribution < -0.4 is 5.32 Å². The Labute approximate surface area is 156 Å². The van der Waals surface area contributed by atoms with Crippen molar-refractivity contribution in [1.82, 2.24) is 10.2 Å². The highest BCUT2D eigenvalue weighted by Crippen LogP contribution is 2.41. The van der Waals surface area contributed by atoms with E-state index in [0.717, 1.165) is 0 Å². The van der Waals surface area contributed by atoms with E-state index in [9.17, 15) is 14.7 Å². The lowest BCUT2D eigenvalue weighted by molar-refractivity contribution is -0.129. The Kier molecular flexibility index (Phi) is 6.84. The van der Waals surface area contributed by atoms with E-state index in [2.05, 4.69) is 5.32 Å². The number of aliphatic hydroxyl groups is 2. The van der Waals surface area contributed by atoms with Crippen LogP contribution in [0.1, 0.15) is 24.9 Å². The van der Waals surface area contributed by atoms with Gasteiger partial charge < -0.3 is 20.4 Å². The summed E-state index contributed by atoms with van der Waals surface area (Å²) < 4.78 is 0. The molecule has 25 heavy (non-hydrogen) atoms. The van der Waals surface area contributed by atoms with E-state index in [1.54, 1.807) is 12.1 Å². The van der Waals surface area contributed by atoms with Crippen LogP contribution in [0.15, 0.2) is 29.5 Å². The van der Waals surface area contributed by atoms with Crippen LogP contribution in [0.5, 0.6) is 0 Å². The van der Waals surface area contributed by atoms with Crippen LogP contribution in [-0.2, 0) is 9.59 Å². The second-order valence-electron chi connectivity index (χ2n) is 5.71. The summed E-state index contributed by atoms with van der Waals surface area (Å²) in [5, 5.41) is 22.7. The quantitative estimate of drug-likeness (QED) is 0.596. The van der Waals surface area contributed by atoms with Crippen molar-refractivity contribution in [2.24, 2.45) is 0 Å². The predicted molar refractivity (Wildman–Crippen MR) is 95.8 cm³/mol. The fourth-order valence-electron chi connectivity index (χ4n) is 2.87. The summed E-state index contributed by atoms with van der Waals surface area (Å²) in [7, 11) is 0. The maximum absolute atomic E-state index is 12.4. The highest BCUT2D eigenvalue weighted by molar-refractivity contribution is 6.35. The van der Waals surface area contributed by atoms with Crippen LogP contribution >= 0.6 is 23.2 Å². The molecule has 0 saturated carbocycles. The SMILES string of the molecule is CC(=O)C1=C(O)C(=O)N(CCCNCCO)[C@H]1c1ccc(Cl)cc1Cl. The third-order valence-electron chi connectivity index (χ3n) is 3.98. The van der Waals surface area contributed by atoms with Crippen molar-refractivity contribution < 1.29 is 19.8 Å². The second kappa shape index (κ2) is 8.67. The van der Waals surface area contributed by atoms with Crippen LogP contribution in [0, 0.1) is 0 Å². The Morgan fingerprint density at radius 3 is 2.64 bits per heavy atom. The molecule has 3 N–H and O–H groups in total. The fourth-order valence-corrected chi connectivity index (χ4v) is 3.38. The van der Waals surface area contributed by atoms with Gasteiger partial charge in [-0.05, 0) is 37.6 Å². The number of carbonyl (C=O) groups is 2. The van der Waals surface area contributed by atoms with Crippen molar-refractivity contribution in [2.45, 2.75) is 19.4 Å². The van der Waals surface area contributed by atoms with Gasteiger partial charge in [-0.2, -0.15) is 0 Å². The lowest BCUT2D eigenvalue weighted by atomic mass is 9.96. The molecular formula is C17H20Cl2N2O4. The van der Waals surface area contributed by atoms with Gasteiger partial charge in [-0.1, -0.05) is 29.3 Å². The minimum Gasteiger partial charge on any atom is -0.503 e. The third kappa shape index (κ3) is 4.33. The third-order valence-corrected chi connectivity index (χ3v) is 4.54. The molecule has 2 rings (SSSR count). The van der Waals surface area contributed by atoms with Crippen molar-refractivity contribution in [2.75, 3.05) is 26.2 Å². The molecule has 1 atom stereocenters. The van der Waals surface area contributed by atoms with Crippen molar-refractivity contribution in [3.8, 4) is 0 Å². The molecule has 0 bridgehead atoms. The first-order chi connectivity index (χ1) is 11.9. The standard InChI is InChI=1S/C17H20Cl2N2O4/c1-10(23)14-15(12-4-3-11(18)9-13(12)19)21(17(25)16(14)24)7-2-5-20-6-8-22/h3-4,9,15,20,22,24H,2,5-8H2,1H3/t15-/m0/s1. The molecule has 0 aromatic heterocycles. The van der Waals surface area contributed by atoms with E-state index in [0.29, 0.717) is 41.7 Å². The number of Topliss-reactive ketones (excluding diaryl/α,β-unsaturated/α-hetero) is 1. The van der Waals surface area contributed by atoms with Gasteiger partial charge in [0.05, 0.1) is 18.2 Å². The van der Waals surface area contributed by atoms with Gasteiger partial charge in [-0.15, -0.1) is 0 Å². The zero-order chi connectivity index (χ0) is 18.6. The molecule has 1 aliphatic rings. The number of amides is 1. The lowest BCUT2D eigenvalue weighted by Gasteiger charge is -2.27. The Balaban J connectivity index is 2.31. The topological polar surface area (TPSA) is 89.9 Å². The van der Waals surface area contributed by atoms with Gasteiger partial charge in [0.1, 0.15) is 0 Å². The van der Waals surface area contributed by atoms with E-state index in [4.69, 9.17) is 28.3 Å². The van der Waals surface area contributed by atoms with Gasteiger partial charge in [-0.25, -0.2) is 0 Å². The maximum Gasteiger partial charge on any atom is 0.290 e. The zero-order valence-electron chi connectivity index (χ0n) is 13.8. The number of hydrogen-bond donors (Lipinski definition) is 3. The second-order valence-corrected chi connectivity index (χ2v) is 6.56. The van der Waals surface area contributed by atoms with Crippen molar-refractivity contribution in [3.63, 3.8) is 0 Å². The van der Waals surface area contributed by atoms with Crippen molar-refractivity contribution >= 4 is 34.9 Å². The Hall–Kier alpha value is -1.60. The normalized spacial score (nSPS) is 17.5. The summed E-state index contributed by atoms with van der Waals surface area (Å²) in [6.07, 6.45) is 0.589. The smallest absolute Gasteiger partial charge is 0.290 e. The van der Waals surface area contributed by atoms with Gasteiger partial charge in [0, 0.05) is 23.1 Å². The number of halogens is 2. The molecule has 1 heterocycles. The summed E-state index contributed by atoms with van der Waals surface area (Å²) in [4.78, 5) is 25.9. The number of nitrogens with zero attached hydrogens (tertiary/aromatic N) is 1. The van der Waals surface area contributed by atoms with Gasteiger partial charge in [0.15, 0.2) is 11.5 Å². The number of ketones is 1. The first-order valence-corrected chi connectivity index (χ1v) is 8.65. The summed E-state index contributed by atoms with van der Waals surface area (Å²) in [5.41, 5.74) is 0.578. The molecule has 0 radical (unpaired) electrons. The molecule has 0 unspecified atom stereocenters. The van der Waals surface area contributed by atoms with Gasteiger partial charge in [0.2, 0.25) is 0 Å². The highest BCUT2D eigenvalue weighted by Gasteiger charge is 2.42. The Bertz CT molecular complexity index is 706. The maximum atomic E-state index is 12.4. The molecule has 136 valence electrons. The molecule has 0 fully saturated rings. The van der Waals surface area contributed by atoms with Crippen LogP contribution in [0.2, 0.25) is 10.0 Å². The summed E-state index contributed by atoms with van der Waals surface area (Å²) in [6.45, 7) is 2.70. The van der Waals surface area contributed by atoms with E-state index in [1.807, 2.05) is 0 Å². The molecule has 1 aliphatic heterocycles. The summed E-state index contributed by atoms with van der Waals surface area (Å²) >= 11 is 12.2. The first kappa shape index (κ1) is 19.7. The van der Waals surface area contributed by atoms with Crippen LogP contribution in [0.3, 0.4) is 0 Å². The number of aliphatic hydroxyl groups excluding tert-OH is 2. The molecule has 1 amide bonds. The highest BCUT2D eigenvalue weighted by atomic mass is 35.5. The molecule has 0 spiro atoms. The minimum atomic E-state index is -0.743. The van der Waals surface area contributed by atoms with E-state index < -0.39 is 17.7 Å². The van der Waals surface area contributed by atoms with Crippen LogP contribution in [0.25, 0.3) is 0 Å². The molecule has 8 heteroatoms. The number of hydrogen-bond acceptors (Lipinski definition) is 5. The largest absolute Gasteiger partial charge is 0.503 e. The zero-order valence-corrected chi connectivity index (χ0v) is 15.3. The van der Waals surface area contributed by atoms with E-state index in [-0.39, 0.29) is 18.0 Å². The molecule has 6 nitrogen and oxygen atoms in total. The Morgan fingerprint density at radius 2 is 2.04 bits per heavy atom. The molecule has 1 aromatic carbocycles. The average Bonchev–Trinajstić information content (AvgIpc) is 2.79. The minimum absolute atomic E-state index is 0.0302. The van der Waals surface area contributed by atoms with E-state index in [1.165, 1.54) is 17.9 Å². The number of rotatable bonds is 8. The van der Waals surface area contributed by atoms with Crippen LogP contribution in [-0.4, -0.2) is 53.0 Å². The van der Waals surface area contributed by atoms with Crippen molar-refractivity contribution in [1.29, 1.82) is 0 Å². The van der Waals surface area contributed by atoms with Crippen LogP contribution in [0.4, 0.5) is 0 Å². The molecule has 1 aromatic rings. The average molecular weight is 387 g/mol. The lowest BCUT2D eigenvalue weighted by Crippen LogP contribution is -2.34. The van der Waals surface area contributed by atoms with Gasteiger partial charge >= 0.3 is 0 Å². The number of benzene rings is 1. The predicted octanol–water partition coefficient (Wildman–Crippen LogP) is 2.25. The molecule has 0 saturated heterocycles.